The van der Waals surface area contributed by atoms with Gasteiger partial charge in [-0.15, -0.1) is 0 Å². The van der Waals surface area contributed by atoms with Gasteiger partial charge in [0.15, 0.2) is 0 Å². The molecule has 0 atom stereocenters. The number of morpholine rings is 1. The Bertz CT molecular complexity index is 490. The minimum atomic E-state index is 0.818. The van der Waals surface area contributed by atoms with Crippen LogP contribution < -0.4 is 4.90 Å². The minimum Gasteiger partial charge on any atom is -0.378 e. The molecule has 0 N–H and O–H groups in total. The number of hydrogen-bond acceptors (Lipinski definition) is 3. The van der Waals surface area contributed by atoms with Gasteiger partial charge in [0.05, 0.1) is 19.4 Å². The summed E-state index contributed by atoms with van der Waals surface area (Å²) in [6, 6.07) is 12.5. The predicted octanol–water partition coefficient (Wildman–Crippen LogP) is 2.39. The molecule has 0 bridgehead atoms. The van der Waals surface area contributed by atoms with Gasteiger partial charge in [-0.3, -0.25) is 4.98 Å². The highest BCUT2D eigenvalue weighted by molar-refractivity contribution is 5.65. The van der Waals surface area contributed by atoms with Gasteiger partial charge in [-0.1, -0.05) is 18.2 Å². The van der Waals surface area contributed by atoms with Crippen molar-refractivity contribution in [1.82, 2.24) is 4.98 Å². The summed E-state index contributed by atoms with van der Waals surface area (Å²) in [6.07, 6.45) is 4.74. The molecule has 1 aliphatic rings. The molecule has 1 aliphatic heterocycles. The van der Waals surface area contributed by atoms with Crippen LogP contribution in [0.2, 0.25) is 0 Å². The standard InChI is InChI=1S/C15H15N2O/c1-2-14(12-16-7-1)13-3-5-15(6-4-13)17-8-10-18-11-9-17/h1-7H,8-11H2. The van der Waals surface area contributed by atoms with Crippen molar-refractivity contribution in [1.29, 1.82) is 0 Å². The molecular weight excluding hydrogens is 224 g/mol. The van der Waals surface area contributed by atoms with E-state index in [1.54, 1.807) is 6.20 Å². The maximum atomic E-state index is 5.36. The molecule has 3 rings (SSSR count). The lowest BCUT2D eigenvalue weighted by atomic mass is 10.1. The van der Waals surface area contributed by atoms with E-state index < -0.39 is 0 Å². The van der Waals surface area contributed by atoms with Crippen molar-refractivity contribution in [3.63, 3.8) is 0 Å². The maximum Gasteiger partial charge on any atom is 0.0970 e. The molecule has 0 spiro atoms. The fourth-order valence-electron chi connectivity index (χ4n) is 2.16. The van der Waals surface area contributed by atoms with Crippen LogP contribution in [-0.2, 0) is 4.74 Å². The number of hydrogen-bond donors (Lipinski definition) is 0. The average molecular weight is 239 g/mol. The van der Waals surface area contributed by atoms with Crippen LogP contribution >= 0.6 is 0 Å². The van der Waals surface area contributed by atoms with Crippen LogP contribution in [0.15, 0.2) is 42.6 Å². The Labute approximate surface area is 107 Å². The van der Waals surface area contributed by atoms with E-state index in [-0.39, 0.29) is 0 Å². The van der Waals surface area contributed by atoms with E-state index >= 15 is 0 Å². The largest absolute Gasteiger partial charge is 0.378 e. The first-order valence-corrected chi connectivity index (χ1v) is 6.19. The predicted molar refractivity (Wildman–Crippen MR) is 71.5 cm³/mol. The Balaban J connectivity index is 1.80. The van der Waals surface area contributed by atoms with Crippen molar-refractivity contribution in [2.75, 3.05) is 31.2 Å². The van der Waals surface area contributed by atoms with Gasteiger partial charge in [-0.2, -0.15) is 0 Å². The van der Waals surface area contributed by atoms with E-state index in [0.717, 1.165) is 37.4 Å². The fourth-order valence-corrected chi connectivity index (χ4v) is 2.16. The van der Waals surface area contributed by atoms with Crippen molar-refractivity contribution >= 4 is 5.69 Å². The highest BCUT2D eigenvalue weighted by Gasteiger charge is 2.10. The van der Waals surface area contributed by atoms with Gasteiger partial charge in [-0.05, 0) is 23.8 Å². The second-order valence-electron chi connectivity index (χ2n) is 4.31. The Morgan fingerprint density at radius 1 is 1.06 bits per heavy atom. The van der Waals surface area contributed by atoms with Gasteiger partial charge in [0, 0.05) is 30.5 Å². The van der Waals surface area contributed by atoms with Crippen LogP contribution in [-0.4, -0.2) is 31.3 Å². The summed E-state index contributed by atoms with van der Waals surface area (Å²) in [7, 11) is 0. The third-order valence-corrected chi connectivity index (χ3v) is 3.16. The second-order valence-corrected chi connectivity index (χ2v) is 4.31. The van der Waals surface area contributed by atoms with E-state index in [4.69, 9.17) is 4.74 Å². The van der Waals surface area contributed by atoms with Gasteiger partial charge in [-0.25, -0.2) is 0 Å². The van der Waals surface area contributed by atoms with E-state index in [9.17, 15) is 0 Å². The molecule has 0 saturated carbocycles. The molecule has 0 aliphatic carbocycles. The number of ether oxygens (including phenoxy) is 1. The SMILES string of the molecule is [c]1ncccc1-c1ccc(N2CCOCC2)cc1. The van der Waals surface area contributed by atoms with Crippen LogP contribution in [0.25, 0.3) is 11.1 Å². The number of nitrogens with zero attached hydrogens (tertiary/aromatic N) is 2. The van der Waals surface area contributed by atoms with Crippen LogP contribution in [0, 0.1) is 6.20 Å². The topological polar surface area (TPSA) is 25.4 Å². The molecule has 2 heterocycles. The van der Waals surface area contributed by atoms with Crippen LogP contribution in [0.4, 0.5) is 5.69 Å². The molecule has 1 radical (unpaired) electrons. The number of rotatable bonds is 2. The lowest BCUT2D eigenvalue weighted by molar-refractivity contribution is 0.122. The van der Waals surface area contributed by atoms with Crippen LogP contribution in [0.5, 0.6) is 0 Å². The first kappa shape index (κ1) is 11.2. The third-order valence-electron chi connectivity index (χ3n) is 3.16. The summed E-state index contributed by atoms with van der Waals surface area (Å²) < 4.78 is 5.36. The molecule has 1 fully saturated rings. The van der Waals surface area contributed by atoms with Gasteiger partial charge in [0.25, 0.3) is 0 Å². The molecule has 3 heteroatoms. The van der Waals surface area contributed by atoms with E-state index in [1.807, 2.05) is 12.1 Å². The van der Waals surface area contributed by atoms with Gasteiger partial charge < -0.3 is 9.64 Å². The minimum absolute atomic E-state index is 0.818. The van der Waals surface area contributed by atoms with Gasteiger partial charge >= 0.3 is 0 Å². The molecular formula is C15H15N2O. The first-order valence-electron chi connectivity index (χ1n) is 6.19. The monoisotopic (exact) mass is 239 g/mol. The average Bonchev–Trinajstić information content (AvgIpc) is 2.49. The van der Waals surface area contributed by atoms with Gasteiger partial charge in [0.2, 0.25) is 0 Å². The Morgan fingerprint density at radius 2 is 1.83 bits per heavy atom. The van der Waals surface area contributed by atoms with Crippen molar-refractivity contribution in [2.24, 2.45) is 0 Å². The number of anilines is 1. The maximum absolute atomic E-state index is 5.36. The summed E-state index contributed by atoms with van der Waals surface area (Å²) in [5.41, 5.74) is 3.44. The molecule has 1 saturated heterocycles. The fraction of sp³-hybridized carbons (Fsp3) is 0.267. The molecule has 3 nitrogen and oxygen atoms in total. The van der Waals surface area contributed by atoms with Crippen molar-refractivity contribution < 1.29 is 4.74 Å². The lowest BCUT2D eigenvalue weighted by Crippen LogP contribution is -2.36. The quantitative estimate of drug-likeness (QED) is 0.804. The van der Waals surface area contributed by atoms with Crippen molar-refractivity contribution in [2.45, 2.75) is 0 Å². The highest BCUT2D eigenvalue weighted by atomic mass is 16.5. The Kier molecular flexibility index (Phi) is 3.24. The normalized spacial score (nSPS) is 15.7. The highest BCUT2D eigenvalue weighted by Crippen LogP contribution is 2.22. The lowest BCUT2D eigenvalue weighted by Gasteiger charge is -2.28. The molecule has 0 unspecified atom stereocenters. The number of benzene rings is 1. The van der Waals surface area contributed by atoms with E-state index in [1.165, 1.54) is 5.69 Å². The molecule has 0 amide bonds. The zero-order chi connectivity index (χ0) is 12.2. The molecule has 91 valence electrons. The summed E-state index contributed by atoms with van der Waals surface area (Å²) in [4.78, 5) is 6.37. The van der Waals surface area contributed by atoms with Gasteiger partial charge in [0.1, 0.15) is 0 Å². The number of pyridine rings is 1. The Hall–Kier alpha value is -1.87. The summed E-state index contributed by atoms with van der Waals surface area (Å²) in [6.45, 7) is 3.58. The molecule has 1 aromatic heterocycles. The first-order chi connectivity index (χ1) is 8.93. The second kappa shape index (κ2) is 5.19. The summed E-state index contributed by atoms with van der Waals surface area (Å²) in [5, 5.41) is 0. The van der Waals surface area contributed by atoms with E-state index in [2.05, 4.69) is 40.3 Å². The molecule has 1 aromatic carbocycles. The third kappa shape index (κ3) is 2.36. The smallest absolute Gasteiger partial charge is 0.0970 e. The molecule has 18 heavy (non-hydrogen) atoms. The van der Waals surface area contributed by atoms with Crippen molar-refractivity contribution in [3.05, 3.63) is 48.8 Å². The van der Waals surface area contributed by atoms with Crippen molar-refractivity contribution in [3.8, 4) is 11.1 Å². The zero-order valence-corrected chi connectivity index (χ0v) is 10.2. The summed E-state index contributed by atoms with van der Waals surface area (Å²) in [5.74, 6) is 0. The Morgan fingerprint density at radius 3 is 2.50 bits per heavy atom. The molecule has 2 aromatic rings. The summed E-state index contributed by atoms with van der Waals surface area (Å²) >= 11 is 0. The van der Waals surface area contributed by atoms with E-state index in [0.29, 0.717) is 0 Å². The van der Waals surface area contributed by atoms with Crippen LogP contribution in [0.3, 0.4) is 0 Å². The zero-order valence-electron chi connectivity index (χ0n) is 10.2. The van der Waals surface area contributed by atoms with Crippen LogP contribution in [0.1, 0.15) is 0 Å². The number of aromatic nitrogens is 1.